The normalized spacial score (nSPS) is 14.8. The SMILES string of the molecule is CCCCC/C=C\C/C=C\CCCCCCCCCC(=O)OC(COC(=O)CC)COP(=O)(O)OCC(O)CO. The highest BCUT2D eigenvalue weighted by atomic mass is 31.2. The molecular weight excluding hydrogens is 539 g/mol. The largest absolute Gasteiger partial charge is 0.472 e. The Morgan fingerprint density at radius 3 is 1.95 bits per heavy atom. The van der Waals surface area contributed by atoms with Crippen molar-refractivity contribution in [1.82, 2.24) is 0 Å². The van der Waals surface area contributed by atoms with Crippen molar-refractivity contribution < 1.29 is 47.8 Å². The average molecular weight is 593 g/mol. The van der Waals surface area contributed by atoms with Crippen molar-refractivity contribution >= 4 is 19.8 Å². The topological polar surface area (TPSA) is 149 Å². The van der Waals surface area contributed by atoms with Gasteiger partial charge in [-0.2, -0.15) is 0 Å². The first-order valence-electron chi connectivity index (χ1n) is 14.8. The molecule has 0 aliphatic rings. The molecule has 0 spiro atoms. The smallest absolute Gasteiger partial charge is 0.462 e. The molecule has 234 valence electrons. The molecule has 0 saturated heterocycles. The number of unbranched alkanes of at least 4 members (excludes halogenated alkanes) is 10. The standard InChI is InChI=1S/C29H53O10P/c1-3-5-6-7-8-9-10-11-12-13-14-15-16-17-18-19-20-21-29(33)39-27(24-36-28(32)4-2)25-38-40(34,35)37-23-26(31)22-30/h8-9,11-12,26-27,30-31H,3-7,10,13-25H2,1-2H3,(H,34,35)/b9-8-,12-11-. The third-order valence-corrected chi connectivity index (χ3v) is 6.86. The van der Waals surface area contributed by atoms with Crippen molar-refractivity contribution in [3.63, 3.8) is 0 Å². The van der Waals surface area contributed by atoms with Gasteiger partial charge in [-0.05, 0) is 38.5 Å². The van der Waals surface area contributed by atoms with E-state index in [1.807, 2.05) is 0 Å². The summed E-state index contributed by atoms with van der Waals surface area (Å²) in [7, 11) is -4.58. The summed E-state index contributed by atoms with van der Waals surface area (Å²) in [5.41, 5.74) is 0. The summed E-state index contributed by atoms with van der Waals surface area (Å²) in [6.45, 7) is 1.68. The number of phosphoric acid groups is 1. The molecule has 3 atom stereocenters. The summed E-state index contributed by atoms with van der Waals surface area (Å²) in [6.07, 6.45) is 21.2. The summed E-state index contributed by atoms with van der Waals surface area (Å²) in [6, 6.07) is 0. The lowest BCUT2D eigenvalue weighted by molar-refractivity contribution is -0.161. The van der Waals surface area contributed by atoms with Gasteiger partial charge < -0.3 is 24.6 Å². The number of aliphatic hydroxyl groups excluding tert-OH is 2. The van der Waals surface area contributed by atoms with Crippen LogP contribution in [-0.4, -0.2) is 65.7 Å². The molecule has 0 aromatic heterocycles. The minimum absolute atomic E-state index is 0.121. The van der Waals surface area contributed by atoms with E-state index < -0.39 is 51.8 Å². The van der Waals surface area contributed by atoms with E-state index in [-0.39, 0.29) is 19.4 Å². The van der Waals surface area contributed by atoms with Crippen molar-refractivity contribution in [2.75, 3.05) is 26.4 Å². The Labute approximate surface area is 240 Å². The molecule has 0 rings (SSSR count). The molecule has 0 radical (unpaired) electrons. The van der Waals surface area contributed by atoms with E-state index >= 15 is 0 Å². The lowest BCUT2D eigenvalue weighted by Crippen LogP contribution is -2.29. The van der Waals surface area contributed by atoms with Crippen LogP contribution in [0.1, 0.15) is 110 Å². The van der Waals surface area contributed by atoms with Gasteiger partial charge in [0, 0.05) is 12.8 Å². The van der Waals surface area contributed by atoms with Gasteiger partial charge in [0.25, 0.3) is 0 Å². The zero-order valence-electron chi connectivity index (χ0n) is 24.5. The Balaban J connectivity index is 4.06. The zero-order chi connectivity index (χ0) is 29.9. The van der Waals surface area contributed by atoms with Crippen LogP contribution in [0, 0.1) is 0 Å². The first kappa shape index (κ1) is 38.5. The maximum atomic E-state index is 12.3. The summed E-state index contributed by atoms with van der Waals surface area (Å²) >= 11 is 0. The van der Waals surface area contributed by atoms with Crippen LogP contribution >= 0.6 is 7.82 Å². The quantitative estimate of drug-likeness (QED) is 0.0453. The van der Waals surface area contributed by atoms with Gasteiger partial charge in [-0.25, -0.2) is 4.57 Å². The Kier molecular flexibility index (Phi) is 25.3. The van der Waals surface area contributed by atoms with E-state index in [0.29, 0.717) is 6.42 Å². The van der Waals surface area contributed by atoms with Gasteiger partial charge >= 0.3 is 19.8 Å². The van der Waals surface area contributed by atoms with Gasteiger partial charge in [-0.1, -0.05) is 83.1 Å². The molecule has 0 aromatic rings. The van der Waals surface area contributed by atoms with Crippen LogP contribution < -0.4 is 0 Å². The molecule has 10 nitrogen and oxygen atoms in total. The fourth-order valence-corrected chi connectivity index (χ4v) is 4.32. The number of carbonyl (C=O) groups is 2. The van der Waals surface area contributed by atoms with Crippen LogP contribution in [-0.2, 0) is 32.7 Å². The fourth-order valence-electron chi connectivity index (χ4n) is 3.53. The predicted octanol–water partition coefficient (Wildman–Crippen LogP) is 5.93. The van der Waals surface area contributed by atoms with Crippen molar-refractivity contribution in [2.45, 2.75) is 122 Å². The minimum atomic E-state index is -4.58. The second kappa shape index (κ2) is 26.4. The summed E-state index contributed by atoms with van der Waals surface area (Å²) < 4.78 is 31.6. The lowest BCUT2D eigenvalue weighted by atomic mass is 10.1. The van der Waals surface area contributed by atoms with E-state index in [9.17, 15) is 24.2 Å². The highest BCUT2D eigenvalue weighted by Gasteiger charge is 2.27. The van der Waals surface area contributed by atoms with Crippen LogP contribution in [0.2, 0.25) is 0 Å². The molecule has 0 saturated carbocycles. The number of aliphatic hydroxyl groups is 2. The van der Waals surface area contributed by atoms with Gasteiger partial charge in [-0.15, -0.1) is 0 Å². The molecule has 40 heavy (non-hydrogen) atoms. The maximum Gasteiger partial charge on any atom is 0.472 e. The van der Waals surface area contributed by atoms with E-state index in [2.05, 4.69) is 35.8 Å². The summed E-state index contributed by atoms with van der Waals surface area (Å²) in [5.74, 6) is -1.04. The Morgan fingerprint density at radius 1 is 0.775 bits per heavy atom. The molecule has 3 N–H and O–H groups in total. The number of ether oxygens (including phenoxy) is 2. The average Bonchev–Trinajstić information content (AvgIpc) is 2.94. The lowest BCUT2D eigenvalue weighted by Gasteiger charge is -2.20. The number of esters is 2. The number of carbonyl (C=O) groups excluding carboxylic acids is 2. The van der Waals surface area contributed by atoms with Crippen LogP contribution in [0.4, 0.5) is 0 Å². The van der Waals surface area contributed by atoms with Gasteiger partial charge in [0.2, 0.25) is 0 Å². The predicted molar refractivity (Wildman–Crippen MR) is 155 cm³/mol. The van der Waals surface area contributed by atoms with Crippen molar-refractivity contribution in [2.24, 2.45) is 0 Å². The van der Waals surface area contributed by atoms with E-state index in [1.165, 1.54) is 38.5 Å². The van der Waals surface area contributed by atoms with Crippen LogP contribution in [0.15, 0.2) is 24.3 Å². The highest BCUT2D eigenvalue weighted by molar-refractivity contribution is 7.47. The van der Waals surface area contributed by atoms with Gasteiger partial charge in [0.15, 0.2) is 6.10 Å². The summed E-state index contributed by atoms with van der Waals surface area (Å²) in [5, 5.41) is 18.0. The second-order valence-corrected chi connectivity index (χ2v) is 11.2. The Bertz CT molecular complexity index is 740. The van der Waals surface area contributed by atoms with E-state index in [4.69, 9.17) is 19.1 Å². The van der Waals surface area contributed by atoms with E-state index in [1.54, 1.807) is 6.92 Å². The first-order chi connectivity index (χ1) is 19.2. The van der Waals surface area contributed by atoms with Crippen molar-refractivity contribution in [3.05, 3.63) is 24.3 Å². The maximum absolute atomic E-state index is 12.3. The van der Waals surface area contributed by atoms with Crippen molar-refractivity contribution in [3.8, 4) is 0 Å². The third kappa shape index (κ3) is 25.4. The van der Waals surface area contributed by atoms with E-state index in [0.717, 1.165) is 38.5 Å². The number of hydrogen-bond donors (Lipinski definition) is 3. The number of hydrogen-bond acceptors (Lipinski definition) is 9. The van der Waals surface area contributed by atoms with Crippen LogP contribution in [0.5, 0.6) is 0 Å². The molecule has 3 unspecified atom stereocenters. The Hall–Kier alpha value is -1.55. The molecule has 0 aliphatic heterocycles. The Morgan fingerprint density at radius 2 is 1.35 bits per heavy atom. The molecular formula is C29H53O10P. The third-order valence-electron chi connectivity index (χ3n) is 5.91. The minimum Gasteiger partial charge on any atom is -0.462 e. The van der Waals surface area contributed by atoms with Crippen LogP contribution in [0.25, 0.3) is 0 Å². The molecule has 0 amide bonds. The second-order valence-electron chi connectivity index (χ2n) is 9.73. The molecule has 11 heteroatoms. The number of rotatable bonds is 27. The van der Waals surface area contributed by atoms with Gasteiger partial charge in [0.05, 0.1) is 19.8 Å². The highest BCUT2D eigenvalue weighted by Crippen LogP contribution is 2.43. The van der Waals surface area contributed by atoms with Crippen molar-refractivity contribution in [1.29, 1.82) is 0 Å². The van der Waals surface area contributed by atoms with Crippen LogP contribution in [0.3, 0.4) is 0 Å². The molecule has 0 fully saturated rings. The molecule has 0 aliphatic carbocycles. The molecule has 0 aromatic carbocycles. The monoisotopic (exact) mass is 592 g/mol. The fraction of sp³-hybridized carbons (Fsp3) is 0.793. The van der Waals surface area contributed by atoms with Gasteiger partial charge in [0.1, 0.15) is 12.7 Å². The number of allylic oxidation sites excluding steroid dienone is 4. The first-order valence-corrected chi connectivity index (χ1v) is 16.3. The van der Waals surface area contributed by atoms with Gasteiger partial charge in [-0.3, -0.25) is 18.6 Å². The molecule has 0 bridgehead atoms. The number of phosphoric ester groups is 1. The zero-order valence-corrected chi connectivity index (χ0v) is 25.4. The summed E-state index contributed by atoms with van der Waals surface area (Å²) in [4.78, 5) is 33.4. The molecule has 0 heterocycles.